The van der Waals surface area contributed by atoms with Gasteiger partial charge in [-0.1, -0.05) is 0 Å². The number of carbonyl (C=O) groups excluding carboxylic acids is 1. The summed E-state index contributed by atoms with van der Waals surface area (Å²) < 4.78 is 4.51. The summed E-state index contributed by atoms with van der Waals surface area (Å²) in [5.41, 5.74) is 0.708. The quantitative estimate of drug-likeness (QED) is 0.496. The standard InChI is InChI=1S/C10H10N2O2/c1-14-10(13)4-9(7-2-3-7)8(5-11)6-12/h7H,2-4H2,1H3. The molecule has 0 radical (unpaired) electrons. The van der Waals surface area contributed by atoms with Gasteiger partial charge in [-0.05, 0) is 24.3 Å². The van der Waals surface area contributed by atoms with Gasteiger partial charge in [0.2, 0.25) is 0 Å². The lowest BCUT2D eigenvalue weighted by Crippen LogP contribution is -2.04. The zero-order valence-electron chi connectivity index (χ0n) is 7.91. The van der Waals surface area contributed by atoms with E-state index in [4.69, 9.17) is 10.5 Å². The maximum atomic E-state index is 11.0. The Hall–Kier alpha value is -1.81. The maximum absolute atomic E-state index is 11.0. The molecule has 14 heavy (non-hydrogen) atoms. The molecule has 1 aliphatic carbocycles. The SMILES string of the molecule is COC(=O)CC(=C(C#N)C#N)C1CC1. The average molecular weight is 190 g/mol. The fourth-order valence-electron chi connectivity index (χ4n) is 1.26. The van der Waals surface area contributed by atoms with Crippen molar-refractivity contribution in [2.24, 2.45) is 5.92 Å². The molecule has 0 heterocycles. The van der Waals surface area contributed by atoms with Crippen molar-refractivity contribution < 1.29 is 9.53 Å². The number of hydrogen-bond acceptors (Lipinski definition) is 4. The van der Waals surface area contributed by atoms with E-state index in [1.165, 1.54) is 7.11 Å². The number of ether oxygens (including phenoxy) is 1. The van der Waals surface area contributed by atoms with Crippen LogP contribution in [0.3, 0.4) is 0 Å². The van der Waals surface area contributed by atoms with Crippen molar-refractivity contribution in [2.45, 2.75) is 19.3 Å². The van der Waals surface area contributed by atoms with Gasteiger partial charge in [-0.15, -0.1) is 0 Å². The van der Waals surface area contributed by atoms with Crippen LogP contribution in [0.2, 0.25) is 0 Å². The molecule has 0 aliphatic heterocycles. The number of allylic oxidation sites excluding steroid dienone is 1. The summed E-state index contributed by atoms with van der Waals surface area (Å²) in [5, 5.41) is 17.4. The van der Waals surface area contributed by atoms with Crippen molar-refractivity contribution in [3.05, 3.63) is 11.1 Å². The monoisotopic (exact) mass is 190 g/mol. The van der Waals surface area contributed by atoms with Crippen LogP contribution in [-0.2, 0) is 9.53 Å². The number of hydrogen-bond donors (Lipinski definition) is 0. The predicted octanol–water partition coefficient (Wildman–Crippen LogP) is 1.30. The summed E-state index contributed by atoms with van der Waals surface area (Å²) in [6.45, 7) is 0. The summed E-state index contributed by atoms with van der Waals surface area (Å²) in [5.74, 6) is -0.154. The third-order valence-electron chi connectivity index (χ3n) is 2.18. The van der Waals surface area contributed by atoms with Gasteiger partial charge in [0.05, 0.1) is 13.5 Å². The van der Waals surface area contributed by atoms with E-state index in [0.29, 0.717) is 5.57 Å². The largest absolute Gasteiger partial charge is 0.469 e. The summed E-state index contributed by atoms with van der Waals surface area (Å²) in [4.78, 5) is 11.0. The summed E-state index contributed by atoms with van der Waals surface area (Å²) in [6.07, 6.45) is 1.98. The fourth-order valence-corrected chi connectivity index (χ4v) is 1.26. The van der Waals surface area contributed by atoms with Gasteiger partial charge < -0.3 is 4.74 Å². The molecule has 0 aromatic carbocycles. The molecular weight excluding hydrogens is 180 g/mol. The van der Waals surface area contributed by atoms with Crippen LogP contribution in [0, 0.1) is 28.6 Å². The Labute approximate surface area is 82.4 Å². The highest BCUT2D eigenvalue weighted by Gasteiger charge is 2.30. The Morgan fingerprint density at radius 2 is 2.00 bits per heavy atom. The third kappa shape index (κ3) is 2.34. The number of rotatable bonds is 3. The first-order valence-electron chi connectivity index (χ1n) is 4.33. The van der Waals surface area contributed by atoms with E-state index in [1.54, 1.807) is 0 Å². The lowest BCUT2D eigenvalue weighted by molar-refractivity contribution is -0.139. The number of carbonyl (C=O) groups is 1. The van der Waals surface area contributed by atoms with Gasteiger partial charge in [-0.25, -0.2) is 0 Å². The Bertz CT molecular complexity index is 337. The number of methoxy groups -OCH3 is 1. The van der Waals surface area contributed by atoms with E-state index in [1.807, 2.05) is 12.1 Å². The fraction of sp³-hybridized carbons (Fsp3) is 0.500. The summed E-state index contributed by atoms with van der Waals surface area (Å²) in [6, 6.07) is 3.63. The van der Waals surface area contributed by atoms with Crippen LogP contribution in [0.1, 0.15) is 19.3 Å². The molecule has 1 rings (SSSR count). The van der Waals surface area contributed by atoms with Gasteiger partial charge in [0.15, 0.2) is 0 Å². The molecule has 4 heteroatoms. The molecule has 0 aromatic rings. The Kier molecular flexibility index (Phi) is 3.25. The van der Waals surface area contributed by atoms with Crippen LogP contribution in [0.5, 0.6) is 0 Å². The molecule has 4 nitrogen and oxygen atoms in total. The van der Waals surface area contributed by atoms with Crippen molar-refractivity contribution in [1.82, 2.24) is 0 Å². The lowest BCUT2D eigenvalue weighted by Gasteiger charge is -2.03. The van der Waals surface area contributed by atoms with Crippen LogP contribution in [0.15, 0.2) is 11.1 Å². The molecule has 1 aliphatic rings. The highest BCUT2D eigenvalue weighted by molar-refractivity contribution is 5.73. The van der Waals surface area contributed by atoms with Crippen LogP contribution in [0.25, 0.3) is 0 Å². The Morgan fingerprint density at radius 1 is 1.43 bits per heavy atom. The second-order valence-electron chi connectivity index (χ2n) is 3.15. The minimum absolute atomic E-state index is 0.0671. The molecule has 72 valence electrons. The van der Waals surface area contributed by atoms with E-state index < -0.39 is 5.97 Å². The summed E-state index contributed by atoms with van der Waals surface area (Å²) >= 11 is 0. The first kappa shape index (κ1) is 10.3. The van der Waals surface area contributed by atoms with E-state index in [-0.39, 0.29) is 17.9 Å². The predicted molar refractivity (Wildman–Crippen MR) is 47.6 cm³/mol. The molecule has 0 N–H and O–H groups in total. The third-order valence-corrected chi connectivity index (χ3v) is 2.18. The molecule has 0 unspecified atom stereocenters. The van der Waals surface area contributed by atoms with Gasteiger partial charge in [0.1, 0.15) is 17.7 Å². The smallest absolute Gasteiger partial charge is 0.309 e. The van der Waals surface area contributed by atoms with E-state index >= 15 is 0 Å². The number of esters is 1. The zero-order valence-corrected chi connectivity index (χ0v) is 7.91. The normalized spacial score (nSPS) is 13.6. The van der Waals surface area contributed by atoms with Gasteiger partial charge in [0, 0.05) is 0 Å². The van der Waals surface area contributed by atoms with Gasteiger partial charge in [-0.3, -0.25) is 4.79 Å². The van der Waals surface area contributed by atoms with Crippen molar-refractivity contribution in [3.8, 4) is 12.1 Å². The van der Waals surface area contributed by atoms with E-state index in [2.05, 4.69) is 4.74 Å². The van der Waals surface area contributed by atoms with Crippen molar-refractivity contribution in [3.63, 3.8) is 0 Å². The highest BCUT2D eigenvalue weighted by atomic mass is 16.5. The van der Waals surface area contributed by atoms with Crippen LogP contribution >= 0.6 is 0 Å². The molecule has 0 spiro atoms. The Morgan fingerprint density at radius 3 is 2.36 bits per heavy atom. The Balaban J connectivity index is 2.85. The molecular formula is C10H10N2O2. The molecule has 1 fully saturated rings. The topological polar surface area (TPSA) is 73.9 Å². The molecule has 1 saturated carbocycles. The van der Waals surface area contributed by atoms with Crippen LogP contribution in [-0.4, -0.2) is 13.1 Å². The number of nitriles is 2. The summed E-state index contributed by atoms with van der Waals surface area (Å²) in [7, 11) is 1.30. The van der Waals surface area contributed by atoms with Crippen molar-refractivity contribution >= 4 is 5.97 Å². The average Bonchev–Trinajstić information content (AvgIpc) is 3.01. The first-order valence-corrected chi connectivity index (χ1v) is 4.33. The second kappa shape index (κ2) is 4.43. The minimum Gasteiger partial charge on any atom is -0.469 e. The highest BCUT2D eigenvalue weighted by Crippen LogP contribution is 2.39. The molecule has 0 bridgehead atoms. The van der Waals surface area contributed by atoms with Crippen LogP contribution < -0.4 is 0 Å². The minimum atomic E-state index is -0.394. The van der Waals surface area contributed by atoms with Crippen molar-refractivity contribution in [1.29, 1.82) is 10.5 Å². The lowest BCUT2D eigenvalue weighted by atomic mass is 10.0. The van der Waals surface area contributed by atoms with Crippen LogP contribution in [0.4, 0.5) is 0 Å². The zero-order chi connectivity index (χ0) is 10.6. The van der Waals surface area contributed by atoms with Gasteiger partial charge >= 0.3 is 5.97 Å². The van der Waals surface area contributed by atoms with E-state index in [9.17, 15) is 4.79 Å². The van der Waals surface area contributed by atoms with Gasteiger partial charge in [-0.2, -0.15) is 10.5 Å². The molecule has 0 atom stereocenters. The molecule has 0 saturated heterocycles. The van der Waals surface area contributed by atoms with E-state index in [0.717, 1.165) is 12.8 Å². The van der Waals surface area contributed by atoms with Crippen molar-refractivity contribution in [2.75, 3.05) is 7.11 Å². The van der Waals surface area contributed by atoms with Gasteiger partial charge in [0.25, 0.3) is 0 Å². The number of nitrogens with zero attached hydrogens (tertiary/aromatic N) is 2. The maximum Gasteiger partial charge on any atom is 0.309 e. The molecule has 0 amide bonds. The molecule has 0 aromatic heterocycles. The second-order valence-corrected chi connectivity index (χ2v) is 3.15. The first-order chi connectivity index (χ1) is 6.72.